The van der Waals surface area contributed by atoms with E-state index in [-0.39, 0.29) is 17.2 Å². The number of hydrogen-bond donors (Lipinski definition) is 2. The summed E-state index contributed by atoms with van der Waals surface area (Å²) in [6, 6.07) is 2.37. The smallest absolute Gasteiger partial charge is 0.314 e. The lowest BCUT2D eigenvalue weighted by atomic mass is 9.88. The van der Waals surface area contributed by atoms with Crippen molar-refractivity contribution in [3.05, 3.63) is 27.8 Å². The predicted molar refractivity (Wildman–Crippen MR) is 66.5 cm³/mol. The Kier molecular flexibility index (Phi) is 4.31. The minimum Gasteiger partial charge on any atom is -0.500 e. The van der Waals surface area contributed by atoms with E-state index in [0.29, 0.717) is 0 Å². The molecule has 1 rings (SSSR count). The molecular formula is C12H15NO6. The molecule has 104 valence electrons. The van der Waals surface area contributed by atoms with Crippen molar-refractivity contribution < 1.29 is 24.7 Å². The van der Waals surface area contributed by atoms with E-state index < -0.39 is 28.2 Å². The average Bonchev–Trinajstić information content (AvgIpc) is 2.29. The van der Waals surface area contributed by atoms with Gasteiger partial charge in [0.2, 0.25) is 5.75 Å². The van der Waals surface area contributed by atoms with E-state index in [0.717, 1.165) is 6.07 Å². The third-order valence-electron chi connectivity index (χ3n) is 2.79. The second-order valence-corrected chi connectivity index (χ2v) is 4.41. The Balaban J connectivity index is 3.47. The first-order valence-electron chi connectivity index (χ1n) is 5.57. The van der Waals surface area contributed by atoms with Crippen molar-refractivity contribution in [2.75, 3.05) is 7.11 Å². The summed E-state index contributed by atoms with van der Waals surface area (Å²) in [6.07, 6.45) is 0. The van der Waals surface area contributed by atoms with E-state index in [1.165, 1.54) is 13.2 Å². The second kappa shape index (κ2) is 5.55. The number of ether oxygens (including phenoxy) is 1. The van der Waals surface area contributed by atoms with Gasteiger partial charge in [0.25, 0.3) is 0 Å². The quantitative estimate of drug-likeness (QED) is 0.625. The molecule has 0 aliphatic rings. The zero-order valence-corrected chi connectivity index (χ0v) is 10.8. The number of methoxy groups -OCH3 is 1. The first-order chi connectivity index (χ1) is 8.79. The van der Waals surface area contributed by atoms with E-state index in [4.69, 9.17) is 4.74 Å². The molecule has 0 aliphatic carbocycles. The normalized spacial score (nSPS) is 12.2. The number of nitro groups is 1. The Bertz CT molecular complexity index is 511. The van der Waals surface area contributed by atoms with Gasteiger partial charge >= 0.3 is 11.7 Å². The van der Waals surface area contributed by atoms with Crippen LogP contribution in [0.2, 0.25) is 0 Å². The molecule has 0 saturated carbocycles. The number of hydrogen-bond acceptors (Lipinski definition) is 5. The fourth-order valence-electron chi connectivity index (χ4n) is 1.90. The van der Waals surface area contributed by atoms with Crippen LogP contribution in [0.3, 0.4) is 0 Å². The maximum Gasteiger partial charge on any atom is 0.314 e. The summed E-state index contributed by atoms with van der Waals surface area (Å²) in [5, 5.41) is 29.7. The maximum absolute atomic E-state index is 11.2. The number of rotatable bonds is 5. The summed E-state index contributed by atoms with van der Waals surface area (Å²) in [4.78, 5) is 21.3. The zero-order chi connectivity index (χ0) is 14.7. The Hall–Kier alpha value is -2.31. The number of phenols is 1. The molecule has 7 nitrogen and oxygen atoms in total. The fourth-order valence-corrected chi connectivity index (χ4v) is 1.90. The summed E-state index contributed by atoms with van der Waals surface area (Å²) in [7, 11) is 1.24. The largest absolute Gasteiger partial charge is 0.500 e. The zero-order valence-electron chi connectivity index (χ0n) is 10.8. The van der Waals surface area contributed by atoms with E-state index in [1.807, 2.05) is 0 Å². The van der Waals surface area contributed by atoms with E-state index >= 15 is 0 Å². The Labute approximate surface area is 109 Å². The molecule has 1 aromatic carbocycles. The predicted octanol–water partition coefficient (Wildman–Crippen LogP) is 2.13. The van der Waals surface area contributed by atoms with Crippen LogP contribution >= 0.6 is 0 Å². The highest BCUT2D eigenvalue weighted by atomic mass is 16.6. The van der Waals surface area contributed by atoms with Crippen molar-refractivity contribution in [3.63, 3.8) is 0 Å². The molecule has 0 heterocycles. The van der Waals surface area contributed by atoms with Crippen molar-refractivity contribution in [3.8, 4) is 11.5 Å². The van der Waals surface area contributed by atoms with Crippen LogP contribution in [-0.2, 0) is 4.79 Å². The van der Waals surface area contributed by atoms with Crippen LogP contribution in [-0.4, -0.2) is 28.2 Å². The maximum atomic E-state index is 11.2. The van der Waals surface area contributed by atoms with Gasteiger partial charge in [0, 0.05) is 6.07 Å². The van der Waals surface area contributed by atoms with Crippen LogP contribution in [0.1, 0.15) is 25.3 Å². The molecule has 0 fully saturated rings. The Morgan fingerprint density at radius 3 is 2.37 bits per heavy atom. The van der Waals surface area contributed by atoms with Gasteiger partial charge < -0.3 is 14.9 Å². The van der Waals surface area contributed by atoms with Gasteiger partial charge in [0.1, 0.15) is 0 Å². The van der Waals surface area contributed by atoms with Gasteiger partial charge in [0.05, 0.1) is 18.0 Å². The Morgan fingerprint density at radius 2 is 2.00 bits per heavy atom. The number of carboxylic acid groups (broad SMARTS) is 1. The van der Waals surface area contributed by atoms with E-state index in [1.54, 1.807) is 13.8 Å². The highest BCUT2D eigenvalue weighted by Gasteiger charge is 2.29. The third-order valence-corrected chi connectivity index (χ3v) is 2.79. The first kappa shape index (κ1) is 14.7. The van der Waals surface area contributed by atoms with Crippen molar-refractivity contribution in [1.29, 1.82) is 0 Å². The number of phenolic OH excluding ortho intramolecular Hbond substituents is 1. The van der Waals surface area contributed by atoms with E-state index in [2.05, 4.69) is 0 Å². The number of nitrogens with zero attached hydrogens (tertiary/aromatic N) is 1. The average molecular weight is 269 g/mol. The summed E-state index contributed by atoms with van der Waals surface area (Å²) in [5.74, 6) is -2.98. The molecule has 1 atom stereocenters. The number of carbonyl (C=O) groups is 1. The number of aliphatic carboxylic acids is 1. The summed E-state index contributed by atoms with van der Waals surface area (Å²) in [6.45, 7) is 3.40. The lowest BCUT2D eigenvalue weighted by Gasteiger charge is -2.17. The van der Waals surface area contributed by atoms with E-state index in [9.17, 15) is 25.1 Å². The molecule has 0 bridgehead atoms. The minimum absolute atomic E-state index is 0.115. The SMILES string of the molecule is COc1cc(C(C(=O)O)C(C)C)cc([N+](=O)[O-])c1O. The van der Waals surface area contributed by atoms with Crippen molar-refractivity contribution >= 4 is 11.7 Å². The van der Waals surface area contributed by atoms with Gasteiger partial charge in [-0.3, -0.25) is 14.9 Å². The molecule has 0 amide bonds. The van der Waals surface area contributed by atoms with Crippen LogP contribution in [0.4, 0.5) is 5.69 Å². The summed E-state index contributed by atoms with van der Waals surface area (Å²) in [5.41, 5.74) is -0.342. The topological polar surface area (TPSA) is 110 Å². The lowest BCUT2D eigenvalue weighted by Crippen LogP contribution is -2.17. The van der Waals surface area contributed by atoms with Crippen LogP contribution in [0, 0.1) is 16.0 Å². The molecular weight excluding hydrogens is 254 g/mol. The highest BCUT2D eigenvalue weighted by Crippen LogP contribution is 2.40. The molecule has 0 aromatic heterocycles. The van der Waals surface area contributed by atoms with Gasteiger partial charge in [-0.2, -0.15) is 0 Å². The molecule has 1 aromatic rings. The Morgan fingerprint density at radius 1 is 1.42 bits per heavy atom. The standard InChI is InChI=1S/C12H15NO6/c1-6(2)10(12(15)16)7-4-8(13(17)18)11(14)9(5-7)19-3/h4-6,10,14H,1-3H3,(H,15,16). The molecule has 0 saturated heterocycles. The third kappa shape index (κ3) is 2.93. The first-order valence-corrected chi connectivity index (χ1v) is 5.57. The lowest BCUT2D eigenvalue weighted by molar-refractivity contribution is -0.386. The monoisotopic (exact) mass is 269 g/mol. The van der Waals surface area contributed by atoms with Crippen molar-refractivity contribution in [2.45, 2.75) is 19.8 Å². The summed E-state index contributed by atoms with van der Waals surface area (Å²) < 4.78 is 4.84. The number of carboxylic acids is 1. The number of nitro benzene ring substituents is 1. The van der Waals surface area contributed by atoms with Gasteiger partial charge in [-0.1, -0.05) is 13.8 Å². The van der Waals surface area contributed by atoms with Gasteiger partial charge in [-0.05, 0) is 17.5 Å². The molecule has 19 heavy (non-hydrogen) atoms. The van der Waals surface area contributed by atoms with Crippen LogP contribution in [0.15, 0.2) is 12.1 Å². The molecule has 7 heteroatoms. The van der Waals surface area contributed by atoms with Gasteiger partial charge in [-0.25, -0.2) is 0 Å². The summed E-state index contributed by atoms with van der Waals surface area (Å²) >= 11 is 0. The molecule has 0 radical (unpaired) electrons. The minimum atomic E-state index is -1.09. The molecule has 0 spiro atoms. The highest BCUT2D eigenvalue weighted by molar-refractivity contribution is 5.77. The van der Waals surface area contributed by atoms with Crippen molar-refractivity contribution in [2.24, 2.45) is 5.92 Å². The number of benzene rings is 1. The molecule has 0 aliphatic heterocycles. The van der Waals surface area contributed by atoms with Gasteiger partial charge in [-0.15, -0.1) is 0 Å². The van der Waals surface area contributed by atoms with Crippen LogP contribution < -0.4 is 4.74 Å². The molecule has 1 unspecified atom stereocenters. The molecule has 2 N–H and O–H groups in total. The second-order valence-electron chi connectivity index (χ2n) is 4.41. The van der Waals surface area contributed by atoms with Crippen LogP contribution in [0.5, 0.6) is 11.5 Å². The number of aromatic hydroxyl groups is 1. The van der Waals surface area contributed by atoms with Gasteiger partial charge in [0.15, 0.2) is 5.75 Å². The van der Waals surface area contributed by atoms with Crippen LogP contribution in [0.25, 0.3) is 0 Å². The fraction of sp³-hybridized carbons (Fsp3) is 0.417. The van der Waals surface area contributed by atoms with Crippen molar-refractivity contribution in [1.82, 2.24) is 0 Å².